The molecule has 104 valence electrons. The number of hydrogen-bond donors (Lipinski definition) is 2. The van der Waals surface area contributed by atoms with Crippen LogP contribution in [0.2, 0.25) is 0 Å². The van der Waals surface area contributed by atoms with Gasteiger partial charge in [0.05, 0.1) is 17.5 Å². The second-order valence-corrected chi connectivity index (χ2v) is 4.37. The number of likely N-dealkylation sites (tertiary alicyclic amines) is 1. The molecule has 3 amide bonds. The average Bonchev–Trinajstić information content (AvgIpc) is 2.66. The maximum atomic E-state index is 12.0. The summed E-state index contributed by atoms with van der Waals surface area (Å²) in [6.07, 6.45) is -0.115. The summed E-state index contributed by atoms with van der Waals surface area (Å²) in [6, 6.07) is 4.73. The van der Waals surface area contributed by atoms with Crippen LogP contribution in [0.25, 0.3) is 0 Å². The first-order chi connectivity index (χ1) is 9.41. The minimum Gasteiger partial charge on any atom is -0.478 e. The number of aromatic carboxylic acids is 1. The molecule has 0 aliphatic carbocycles. The molecule has 2 rings (SSSR count). The maximum Gasteiger partial charge on any atom is 0.336 e. The SMILES string of the molecule is CN1C(=O)CC(NC(=O)c2ccccc2C(=O)O)C1=O. The Kier molecular flexibility index (Phi) is 3.51. The normalized spacial score (nSPS) is 18.2. The minimum atomic E-state index is -1.23. The van der Waals surface area contributed by atoms with Gasteiger partial charge >= 0.3 is 5.97 Å². The van der Waals surface area contributed by atoms with Crippen LogP contribution in [0.1, 0.15) is 27.1 Å². The van der Waals surface area contributed by atoms with Gasteiger partial charge in [0.1, 0.15) is 6.04 Å². The molecule has 7 nitrogen and oxygen atoms in total. The van der Waals surface area contributed by atoms with E-state index in [2.05, 4.69) is 5.32 Å². The van der Waals surface area contributed by atoms with Gasteiger partial charge in [0.15, 0.2) is 0 Å². The number of carbonyl (C=O) groups excluding carboxylic acids is 3. The second-order valence-electron chi connectivity index (χ2n) is 4.37. The van der Waals surface area contributed by atoms with Crippen LogP contribution in [-0.2, 0) is 9.59 Å². The third-order valence-corrected chi connectivity index (χ3v) is 3.09. The molecule has 20 heavy (non-hydrogen) atoms. The summed E-state index contributed by atoms with van der Waals surface area (Å²) in [4.78, 5) is 47.0. The predicted octanol–water partition coefficient (Wildman–Crippen LogP) is -0.128. The highest BCUT2D eigenvalue weighted by Crippen LogP contribution is 2.13. The number of carboxylic acids is 1. The average molecular weight is 276 g/mol. The lowest BCUT2D eigenvalue weighted by molar-refractivity contribution is -0.137. The molecule has 1 saturated heterocycles. The van der Waals surface area contributed by atoms with Crippen molar-refractivity contribution < 1.29 is 24.3 Å². The van der Waals surface area contributed by atoms with Gasteiger partial charge in [-0.2, -0.15) is 0 Å². The van der Waals surface area contributed by atoms with Crippen molar-refractivity contribution in [2.45, 2.75) is 12.5 Å². The number of benzene rings is 1. The van der Waals surface area contributed by atoms with Crippen LogP contribution in [0.3, 0.4) is 0 Å². The first-order valence-corrected chi connectivity index (χ1v) is 5.85. The van der Waals surface area contributed by atoms with E-state index in [9.17, 15) is 19.2 Å². The smallest absolute Gasteiger partial charge is 0.336 e. The lowest BCUT2D eigenvalue weighted by Gasteiger charge is -2.12. The summed E-state index contributed by atoms with van der Waals surface area (Å²) in [5.74, 6) is -2.81. The number of carbonyl (C=O) groups is 4. The van der Waals surface area contributed by atoms with Crippen molar-refractivity contribution in [1.82, 2.24) is 10.2 Å². The fourth-order valence-electron chi connectivity index (χ4n) is 1.97. The van der Waals surface area contributed by atoms with Crippen molar-refractivity contribution >= 4 is 23.7 Å². The van der Waals surface area contributed by atoms with Crippen LogP contribution in [0, 0.1) is 0 Å². The monoisotopic (exact) mass is 276 g/mol. The second kappa shape index (κ2) is 5.12. The van der Waals surface area contributed by atoms with Gasteiger partial charge in [-0.3, -0.25) is 19.3 Å². The standard InChI is InChI=1S/C13H12N2O5/c1-15-10(16)6-9(12(15)18)14-11(17)7-4-2-3-5-8(7)13(19)20/h2-5,9H,6H2,1H3,(H,14,17)(H,19,20). The van der Waals surface area contributed by atoms with E-state index in [1.165, 1.54) is 31.3 Å². The highest BCUT2D eigenvalue weighted by atomic mass is 16.4. The lowest BCUT2D eigenvalue weighted by atomic mass is 10.1. The molecule has 1 atom stereocenters. The molecular formula is C13H12N2O5. The highest BCUT2D eigenvalue weighted by molar-refractivity contribution is 6.10. The lowest BCUT2D eigenvalue weighted by Crippen LogP contribution is -2.41. The summed E-state index contributed by atoms with van der Waals surface area (Å²) in [7, 11) is 1.34. The summed E-state index contributed by atoms with van der Waals surface area (Å²) in [5.41, 5.74) is -0.204. The van der Waals surface area contributed by atoms with E-state index in [0.29, 0.717) is 0 Å². The number of nitrogens with zero attached hydrogens (tertiary/aromatic N) is 1. The summed E-state index contributed by atoms with van der Waals surface area (Å²) >= 11 is 0. The molecule has 0 radical (unpaired) electrons. The van der Waals surface area contributed by atoms with Crippen molar-refractivity contribution in [1.29, 1.82) is 0 Å². The molecule has 1 aromatic carbocycles. The van der Waals surface area contributed by atoms with E-state index in [-0.39, 0.29) is 23.5 Å². The molecule has 1 heterocycles. The Morgan fingerprint density at radius 2 is 1.85 bits per heavy atom. The van der Waals surface area contributed by atoms with E-state index in [0.717, 1.165) is 4.90 Å². The first kappa shape index (κ1) is 13.7. The van der Waals surface area contributed by atoms with E-state index < -0.39 is 23.8 Å². The number of rotatable bonds is 3. The van der Waals surface area contributed by atoms with E-state index in [4.69, 9.17) is 5.11 Å². The van der Waals surface area contributed by atoms with Crippen molar-refractivity contribution in [3.05, 3.63) is 35.4 Å². The van der Waals surface area contributed by atoms with Crippen molar-refractivity contribution in [3.63, 3.8) is 0 Å². The molecular weight excluding hydrogens is 264 g/mol. The van der Waals surface area contributed by atoms with Crippen molar-refractivity contribution in [3.8, 4) is 0 Å². The Bertz CT molecular complexity index is 611. The number of amides is 3. The van der Waals surface area contributed by atoms with Gasteiger partial charge in [-0.25, -0.2) is 4.79 Å². The van der Waals surface area contributed by atoms with Crippen molar-refractivity contribution in [2.75, 3.05) is 7.05 Å². The molecule has 0 spiro atoms. The molecule has 0 saturated carbocycles. The van der Waals surface area contributed by atoms with E-state index in [1.807, 2.05) is 0 Å². The molecule has 1 aliphatic heterocycles. The van der Waals surface area contributed by atoms with Crippen LogP contribution in [-0.4, -0.2) is 46.8 Å². The van der Waals surface area contributed by atoms with Crippen LogP contribution >= 0.6 is 0 Å². The van der Waals surface area contributed by atoms with Gasteiger partial charge in [-0.1, -0.05) is 12.1 Å². The molecule has 7 heteroatoms. The Morgan fingerprint density at radius 1 is 1.25 bits per heavy atom. The quantitative estimate of drug-likeness (QED) is 0.748. The van der Waals surface area contributed by atoms with Gasteiger partial charge in [0, 0.05) is 7.05 Å². The van der Waals surface area contributed by atoms with E-state index in [1.54, 1.807) is 0 Å². The fraction of sp³-hybridized carbons (Fsp3) is 0.231. The zero-order valence-electron chi connectivity index (χ0n) is 10.6. The van der Waals surface area contributed by atoms with Gasteiger partial charge in [0.25, 0.3) is 11.8 Å². The molecule has 1 aliphatic rings. The molecule has 1 unspecified atom stereocenters. The Balaban J connectivity index is 2.20. The third-order valence-electron chi connectivity index (χ3n) is 3.09. The third kappa shape index (κ3) is 2.37. The molecule has 1 aromatic rings. The topological polar surface area (TPSA) is 104 Å². The van der Waals surface area contributed by atoms with Crippen LogP contribution < -0.4 is 5.32 Å². The molecule has 0 aromatic heterocycles. The zero-order valence-corrected chi connectivity index (χ0v) is 10.6. The Morgan fingerprint density at radius 3 is 2.35 bits per heavy atom. The number of hydrogen-bond acceptors (Lipinski definition) is 4. The summed E-state index contributed by atoms with van der Waals surface area (Å²) < 4.78 is 0. The molecule has 2 N–H and O–H groups in total. The highest BCUT2D eigenvalue weighted by Gasteiger charge is 2.37. The van der Waals surface area contributed by atoms with Gasteiger partial charge in [0.2, 0.25) is 5.91 Å². The summed E-state index contributed by atoms with van der Waals surface area (Å²) in [5, 5.41) is 11.4. The van der Waals surface area contributed by atoms with Crippen LogP contribution in [0.5, 0.6) is 0 Å². The number of carboxylic acid groups (broad SMARTS) is 1. The van der Waals surface area contributed by atoms with Crippen LogP contribution in [0.15, 0.2) is 24.3 Å². The van der Waals surface area contributed by atoms with Gasteiger partial charge < -0.3 is 10.4 Å². The Hall–Kier alpha value is -2.70. The zero-order chi connectivity index (χ0) is 14.9. The van der Waals surface area contributed by atoms with Crippen LogP contribution in [0.4, 0.5) is 0 Å². The molecule has 0 bridgehead atoms. The molecule has 1 fully saturated rings. The number of likely N-dealkylation sites (N-methyl/N-ethyl adjacent to an activating group) is 1. The van der Waals surface area contributed by atoms with Gasteiger partial charge in [-0.15, -0.1) is 0 Å². The van der Waals surface area contributed by atoms with Gasteiger partial charge in [-0.05, 0) is 12.1 Å². The number of imide groups is 1. The maximum absolute atomic E-state index is 12.0. The van der Waals surface area contributed by atoms with E-state index >= 15 is 0 Å². The first-order valence-electron chi connectivity index (χ1n) is 5.85. The van der Waals surface area contributed by atoms with Crippen molar-refractivity contribution in [2.24, 2.45) is 0 Å². The largest absolute Gasteiger partial charge is 0.478 e. The predicted molar refractivity (Wildman–Crippen MR) is 67.0 cm³/mol. The minimum absolute atomic E-state index is 0.0465. The Labute approximate surface area is 114 Å². The summed E-state index contributed by atoms with van der Waals surface area (Å²) in [6.45, 7) is 0. The number of nitrogens with one attached hydrogen (secondary N) is 1. The fourth-order valence-corrected chi connectivity index (χ4v) is 1.97.